The highest BCUT2D eigenvalue weighted by Crippen LogP contribution is 2.38. The molecule has 104 valence electrons. The van der Waals surface area contributed by atoms with Crippen molar-refractivity contribution in [2.24, 2.45) is 5.73 Å². The summed E-state index contributed by atoms with van der Waals surface area (Å²) in [5, 5.41) is 1.38. The van der Waals surface area contributed by atoms with Crippen LogP contribution in [0.5, 0.6) is 5.75 Å². The number of rotatable bonds is 2. The molecule has 2 aromatic carbocycles. The summed E-state index contributed by atoms with van der Waals surface area (Å²) < 4.78 is 5.73. The van der Waals surface area contributed by atoms with Gasteiger partial charge in [-0.1, -0.05) is 29.3 Å². The van der Waals surface area contributed by atoms with Gasteiger partial charge in [0.1, 0.15) is 5.75 Å². The third-order valence-corrected chi connectivity index (χ3v) is 4.14. The summed E-state index contributed by atoms with van der Waals surface area (Å²) >= 11 is 12.3. The number of ether oxygens (including phenoxy) is 1. The zero-order chi connectivity index (χ0) is 14.3. The van der Waals surface area contributed by atoms with Gasteiger partial charge in [0.05, 0.1) is 12.6 Å². The van der Waals surface area contributed by atoms with Crippen molar-refractivity contribution < 1.29 is 4.74 Å². The van der Waals surface area contributed by atoms with Crippen molar-refractivity contribution in [3.05, 3.63) is 62.6 Å². The third kappa shape index (κ3) is 2.39. The molecule has 1 unspecified atom stereocenters. The molecule has 4 heteroatoms. The molecule has 3 rings (SSSR count). The largest absolute Gasteiger partial charge is 0.493 e. The van der Waals surface area contributed by atoms with E-state index >= 15 is 0 Å². The molecule has 0 bridgehead atoms. The standard InChI is InChI=1S/C16H15Cl2NO/c1-9-2-3-11(17)7-13(9)15(19)14-8-12(18)6-10-4-5-20-16(10)14/h2-3,6-8,15H,4-5,19H2,1H3. The Morgan fingerprint density at radius 1 is 1.10 bits per heavy atom. The molecule has 0 aromatic heterocycles. The van der Waals surface area contributed by atoms with Gasteiger partial charge < -0.3 is 10.5 Å². The van der Waals surface area contributed by atoms with E-state index in [1.165, 1.54) is 0 Å². The Labute approximate surface area is 128 Å². The van der Waals surface area contributed by atoms with Crippen molar-refractivity contribution in [1.82, 2.24) is 0 Å². The second kappa shape index (κ2) is 5.28. The summed E-state index contributed by atoms with van der Waals surface area (Å²) in [5.74, 6) is 0.876. The van der Waals surface area contributed by atoms with Crippen LogP contribution in [0, 0.1) is 6.92 Å². The van der Waals surface area contributed by atoms with E-state index in [9.17, 15) is 0 Å². The maximum Gasteiger partial charge on any atom is 0.127 e. The van der Waals surface area contributed by atoms with Gasteiger partial charge in [-0.05, 0) is 47.9 Å². The van der Waals surface area contributed by atoms with Gasteiger partial charge in [-0.2, -0.15) is 0 Å². The predicted octanol–water partition coefficient (Wildman–Crippen LogP) is 4.28. The summed E-state index contributed by atoms with van der Waals surface area (Å²) in [4.78, 5) is 0. The predicted molar refractivity (Wildman–Crippen MR) is 82.9 cm³/mol. The molecule has 0 spiro atoms. The van der Waals surface area contributed by atoms with Gasteiger partial charge in [0.25, 0.3) is 0 Å². The third-order valence-electron chi connectivity index (χ3n) is 3.69. The number of halogens is 2. The molecule has 0 fully saturated rings. The Morgan fingerprint density at radius 3 is 2.65 bits per heavy atom. The SMILES string of the molecule is Cc1ccc(Cl)cc1C(N)c1cc(Cl)cc2c1OCC2. The Kier molecular flexibility index (Phi) is 3.63. The molecular formula is C16H15Cl2NO. The van der Waals surface area contributed by atoms with E-state index in [2.05, 4.69) is 0 Å². The smallest absolute Gasteiger partial charge is 0.127 e. The highest BCUT2D eigenvalue weighted by atomic mass is 35.5. The van der Waals surface area contributed by atoms with Crippen LogP contribution in [0.25, 0.3) is 0 Å². The quantitative estimate of drug-likeness (QED) is 0.898. The number of hydrogen-bond donors (Lipinski definition) is 1. The fraction of sp³-hybridized carbons (Fsp3) is 0.250. The van der Waals surface area contributed by atoms with E-state index in [4.69, 9.17) is 33.7 Å². The fourth-order valence-corrected chi connectivity index (χ4v) is 3.07. The molecule has 0 saturated heterocycles. The van der Waals surface area contributed by atoms with Gasteiger partial charge in [0, 0.05) is 22.0 Å². The number of nitrogens with two attached hydrogens (primary N) is 1. The van der Waals surface area contributed by atoms with Crippen LogP contribution in [-0.2, 0) is 6.42 Å². The number of aryl methyl sites for hydroxylation is 1. The highest BCUT2D eigenvalue weighted by Gasteiger charge is 2.23. The molecule has 1 atom stereocenters. The topological polar surface area (TPSA) is 35.2 Å². The molecule has 1 aliphatic heterocycles. The normalized spacial score (nSPS) is 14.8. The second-order valence-electron chi connectivity index (χ2n) is 5.06. The molecule has 1 heterocycles. The van der Waals surface area contributed by atoms with Crippen molar-refractivity contribution in [2.45, 2.75) is 19.4 Å². The lowest BCUT2D eigenvalue weighted by atomic mass is 9.94. The van der Waals surface area contributed by atoms with E-state index < -0.39 is 0 Å². The minimum absolute atomic E-state index is 0.292. The molecule has 20 heavy (non-hydrogen) atoms. The van der Waals surface area contributed by atoms with Crippen LogP contribution in [0.4, 0.5) is 0 Å². The lowest BCUT2D eigenvalue weighted by Crippen LogP contribution is -2.14. The van der Waals surface area contributed by atoms with E-state index in [0.29, 0.717) is 16.7 Å². The number of hydrogen-bond acceptors (Lipinski definition) is 2. The first kappa shape index (κ1) is 13.7. The molecular weight excluding hydrogens is 293 g/mol. The lowest BCUT2D eigenvalue weighted by Gasteiger charge is -2.18. The first-order chi connectivity index (χ1) is 9.56. The van der Waals surface area contributed by atoms with Crippen molar-refractivity contribution in [1.29, 1.82) is 0 Å². The van der Waals surface area contributed by atoms with Crippen LogP contribution in [0.3, 0.4) is 0 Å². The zero-order valence-electron chi connectivity index (χ0n) is 11.1. The van der Waals surface area contributed by atoms with E-state index in [-0.39, 0.29) is 6.04 Å². The van der Waals surface area contributed by atoms with Gasteiger partial charge in [0.15, 0.2) is 0 Å². The molecule has 1 aliphatic rings. The van der Waals surface area contributed by atoms with Crippen molar-refractivity contribution in [2.75, 3.05) is 6.61 Å². The zero-order valence-corrected chi connectivity index (χ0v) is 12.6. The maximum absolute atomic E-state index is 6.43. The van der Waals surface area contributed by atoms with E-state index in [1.807, 2.05) is 37.3 Å². The molecule has 2 N–H and O–H groups in total. The van der Waals surface area contributed by atoms with Crippen LogP contribution in [0.15, 0.2) is 30.3 Å². The van der Waals surface area contributed by atoms with Crippen molar-refractivity contribution in [3.63, 3.8) is 0 Å². The van der Waals surface area contributed by atoms with Gasteiger partial charge >= 0.3 is 0 Å². The molecule has 2 aromatic rings. The first-order valence-corrected chi connectivity index (χ1v) is 7.28. The highest BCUT2D eigenvalue weighted by molar-refractivity contribution is 6.31. The fourth-order valence-electron chi connectivity index (χ4n) is 2.64. The monoisotopic (exact) mass is 307 g/mol. The Bertz CT molecular complexity index is 670. The Morgan fingerprint density at radius 2 is 1.85 bits per heavy atom. The summed E-state index contributed by atoms with van der Waals surface area (Å²) in [6, 6.07) is 9.29. The van der Waals surface area contributed by atoms with E-state index in [1.54, 1.807) is 0 Å². The summed E-state index contributed by atoms with van der Waals surface area (Å²) in [6.07, 6.45) is 0.879. The minimum Gasteiger partial charge on any atom is -0.493 e. The summed E-state index contributed by atoms with van der Waals surface area (Å²) in [5.41, 5.74) is 10.6. The van der Waals surface area contributed by atoms with Crippen molar-refractivity contribution >= 4 is 23.2 Å². The van der Waals surface area contributed by atoms with Crippen LogP contribution in [0.2, 0.25) is 10.0 Å². The van der Waals surface area contributed by atoms with Crippen LogP contribution in [0.1, 0.15) is 28.3 Å². The van der Waals surface area contributed by atoms with Crippen molar-refractivity contribution in [3.8, 4) is 5.75 Å². The first-order valence-electron chi connectivity index (χ1n) is 6.53. The minimum atomic E-state index is -0.292. The molecule has 0 aliphatic carbocycles. The second-order valence-corrected chi connectivity index (χ2v) is 5.93. The summed E-state index contributed by atoms with van der Waals surface area (Å²) in [6.45, 7) is 2.71. The molecule has 0 saturated carbocycles. The average Bonchev–Trinajstić information content (AvgIpc) is 2.87. The molecule has 0 amide bonds. The van der Waals surface area contributed by atoms with Gasteiger partial charge in [0.2, 0.25) is 0 Å². The van der Waals surface area contributed by atoms with Gasteiger partial charge in [-0.15, -0.1) is 0 Å². The number of benzene rings is 2. The van der Waals surface area contributed by atoms with Crippen LogP contribution in [-0.4, -0.2) is 6.61 Å². The lowest BCUT2D eigenvalue weighted by molar-refractivity contribution is 0.352. The number of fused-ring (bicyclic) bond motifs is 1. The van der Waals surface area contributed by atoms with Crippen LogP contribution >= 0.6 is 23.2 Å². The average molecular weight is 308 g/mol. The van der Waals surface area contributed by atoms with Crippen LogP contribution < -0.4 is 10.5 Å². The molecule has 2 nitrogen and oxygen atoms in total. The van der Waals surface area contributed by atoms with Gasteiger partial charge in [-0.25, -0.2) is 0 Å². The van der Waals surface area contributed by atoms with E-state index in [0.717, 1.165) is 34.4 Å². The molecule has 0 radical (unpaired) electrons. The summed E-state index contributed by atoms with van der Waals surface area (Å²) in [7, 11) is 0. The Balaban J connectivity index is 2.11. The Hall–Kier alpha value is -1.22. The maximum atomic E-state index is 6.43. The van der Waals surface area contributed by atoms with Gasteiger partial charge in [-0.3, -0.25) is 0 Å².